The molecular formula is C11H17BrN2O. The minimum absolute atomic E-state index is 0.152. The molecule has 1 unspecified atom stereocenters. The Morgan fingerprint density at radius 2 is 2.20 bits per heavy atom. The molecule has 0 aromatic carbocycles. The Hall–Kier alpha value is -0.320. The standard InChI is InChI=1S/C11H17BrN2O/c12-11-6-5-10(15-11)9(7-13)14-8-3-1-2-4-8/h5-6,8-9,14H,1-4,7,13H2. The van der Waals surface area contributed by atoms with Crippen molar-refractivity contribution in [2.24, 2.45) is 5.73 Å². The number of hydrogen-bond donors (Lipinski definition) is 2. The van der Waals surface area contributed by atoms with E-state index in [1.165, 1.54) is 25.7 Å². The summed E-state index contributed by atoms with van der Waals surface area (Å²) in [7, 11) is 0. The van der Waals surface area contributed by atoms with Gasteiger partial charge >= 0.3 is 0 Å². The van der Waals surface area contributed by atoms with Crippen molar-refractivity contribution in [2.45, 2.75) is 37.8 Å². The molecule has 0 saturated heterocycles. The highest BCUT2D eigenvalue weighted by Crippen LogP contribution is 2.24. The maximum absolute atomic E-state index is 5.75. The molecule has 3 N–H and O–H groups in total. The van der Waals surface area contributed by atoms with Crippen LogP contribution in [-0.4, -0.2) is 12.6 Å². The van der Waals surface area contributed by atoms with Gasteiger partial charge in [-0.3, -0.25) is 0 Å². The topological polar surface area (TPSA) is 51.2 Å². The second-order valence-corrected chi connectivity index (χ2v) is 4.86. The van der Waals surface area contributed by atoms with Crippen LogP contribution < -0.4 is 11.1 Å². The molecule has 2 rings (SSSR count). The van der Waals surface area contributed by atoms with Crippen LogP contribution in [0.2, 0.25) is 0 Å². The number of nitrogens with one attached hydrogen (secondary N) is 1. The summed E-state index contributed by atoms with van der Waals surface area (Å²) >= 11 is 3.31. The van der Waals surface area contributed by atoms with Crippen LogP contribution in [0.25, 0.3) is 0 Å². The first kappa shape index (κ1) is 11.2. The van der Waals surface area contributed by atoms with Crippen molar-refractivity contribution in [3.63, 3.8) is 0 Å². The first-order valence-corrected chi connectivity index (χ1v) is 6.30. The van der Waals surface area contributed by atoms with Gasteiger partial charge in [-0.05, 0) is 40.9 Å². The highest BCUT2D eigenvalue weighted by Gasteiger charge is 2.21. The molecule has 0 aliphatic heterocycles. The van der Waals surface area contributed by atoms with Gasteiger partial charge in [0.05, 0.1) is 6.04 Å². The van der Waals surface area contributed by atoms with Crippen molar-refractivity contribution in [3.8, 4) is 0 Å². The van der Waals surface area contributed by atoms with E-state index in [1.54, 1.807) is 0 Å². The smallest absolute Gasteiger partial charge is 0.169 e. The molecular weight excluding hydrogens is 256 g/mol. The maximum Gasteiger partial charge on any atom is 0.169 e. The van der Waals surface area contributed by atoms with Crippen LogP contribution in [0.5, 0.6) is 0 Å². The van der Waals surface area contributed by atoms with Crippen molar-refractivity contribution >= 4 is 15.9 Å². The lowest BCUT2D eigenvalue weighted by Crippen LogP contribution is -2.34. The zero-order valence-electron chi connectivity index (χ0n) is 8.71. The largest absolute Gasteiger partial charge is 0.453 e. The maximum atomic E-state index is 5.75. The molecule has 0 bridgehead atoms. The summed E-state index contributed by atoms with van der Waals surface area (Å²) in [6, 6.07) is 4.65. The van der Waals surface area contributed by atoms with Crippen LogP contribution >= 0.6 is 15.9 Å². The number of rotatable bonds is 4. The molecule has 1 fully saturated rings. The summed E-state index contributed by atoms with van der Waals surface area (Å²) < 4.78 is 6.29. The second-order valence-electron chi connectivity index (χ2n) is 4.08. The lowest BCUT2D eigenvalue weighted by atomic mass is 10.1. The first-order chi connectivity index (χ1) is 7.29. The highest BCUT2D eigenvalue weighted by molar-refractivity contribution is 9.10. The molecule has 1 saturated carbocycles. The normalized spacial score (nSPS) is 19.6. The second kappa shape index (κ2) is 5.14. The van der Waals surface area contributed by atoms with Crippen molar-refractivity contribution < 1.29 is 4.42 Å². The summed E-state index contributed by atoms with van der Waals surface area (Å²) in [4.78, 5) is 0. The summed E-state index contributed by atoms with van der Waals surface area (Å²) in [5, 5.41) is 3.56. The van der Waals surface area contributed by atoms with Gasteiger partial charge in [0.1, 0.15) is 5.76 Å². The van der Waals surface area contributed by atoms with Crippen LogP contribution in [0.15, 0.2) is 21.2 Å². The van der Waals surface area contributed by atoms with Gasteiger partial charge in [-0.2, -0.15) is 0 Å². The van der Waals surface area contributed by atoms with Crippen molar-refractivity contribution in [1.29, 1.82) is 0 Å². The van der Waals surface area contributed by atoms with Gasteiger partial charge in [-0.1, -0.05) is 12.8 Å². The lowest BCUT2D eigenvalue weighted by Gasteiger charge is -2.19. The molecule has 0 amide bonds. The third-order valence-corrected chi connectivity index (χ3v) is 3.39. The molecule has 3 nitrogen and oxygen atoms in total. The van der Waals surface area contributed by atoms with Gasteiger partial charge in [0.25, 0.3) is 0 Å². The molecule has 1 heterocycles. The van der Waals surface area contributed by atoms with Gasteiger partial charge < -0.3 is 15.5 Å². The van der Waals surface area contributed by atoms with Crippen LogP contribution in [0.1, 0.15) is 37.5 Å². The molecule has 0 spiro atoms. The molecule has 1 aromatic rings. The van der Waals surface area contributed by atoms with E-state index in [1.807, 2.05) is 12.1 Å². The SMILES string of the molecule is NCC(NC1CCCC1)c1ccc(Br)o1. The molecule has 0 radical (unpaired) electrons. The summed E-state index contributed by atoms with van der Waals surface area (Å²) in [5.41, 5.74) is 5.75. The monoisotopic (exact) mass is 272 g/mol. The van der Waals surface area contributed by atoms with Crippen molar-refractivity contribution in [1.82, 2.24) is 5.32 Å². The predicted octanol–water partition coefficient (Wildman–Crippen LogP) is 2.57. The van der Waals surface area contributed by atoms with Gasteiger partial charge in [0, 0.05) is 12.6 Å². The third kappa shape index (κ3) is 2.83. The van der Waals surface area contributed by atoms with E-state index in [0.29, 0.717) is 12.6 Å². The van der Waals surface area contributed by atoms with Crippen molar-refractivity contribution in [3.05, 3.63) is 22.6 Å². The van der Waals surface area contributed by atoms with Gasteiger partial charge in [0.2, 0.25) is 0 Å². The van der Waals surface area contributed by atoms with E-state index in [-0.39, 0.29) is 6.04 Å². The van der Waals surface area contributed by atoms with Crippen molar-refractivity contribution in [2.75, 3.05) is 6.54 Å². The Labute approximate surface area is 98.5 Å². The average molecular weight is 273 g/mol. The van der Waals surface area contributed by atoms with Gasteiger partial charge in [-0.15, -0.1) is 0 Å². The lowest BCUT2D eigenvalue weighted by molar-refractivity contribution is 0.370. The molecule has 1 aromatic heterocycles. The molecule has 84 valence electrons. The summed E-state index contributed by atoms with van der Waals surface area (Å²) in [6.45, 7) is 0.580. The number of furan rings is 1. The van der Waals surface area contributed by atoms with E-state index in [9.17, 15) is 0 Å². The quantitative estimate of drug-likeness (QED) is 0.886. The van der Waals surface area contributed by atoms with E-state index in [0.717, 1.165) is 10.4 Å². The van der Waals surface area contributed by atoms with Crippen LogP contribution in [0.4, 0.5) is 0 Å². The number of hydrogen-bond acceptors (Lipinski definition) is 3. The molecule has 4 heteroatoms. The summed E-state index contributed by atoms with van der Waals surface area (Å²) in [6.07, 6.45) is 5.18. The van der Waals surface area contributed by atoms with Crippen LogP contribution in [0, 0.1) is 0 Å². The Morgan fingerprint density at radius 1 is 1.47 bits per heavy atom. The average Bonchev–Trinajstić information content (AvgIpc) is 2.85. The van der Waals surface area contributed by atoms with E-state index in [4.69, 9.17) is 10.2 Å². The third-order valence-electron chi connectivity index (χ3n) is 2.97. The van der Waals surface area contributed by atoms with Gasteiger partial charge in [0.15, 0.2) is 4.67 Å². The minimum atomic E-state index is 0.152. The fraction of sp³-hybridized carbons (Fsp3) is 0.636. The summed E-state index contributed by atoms with van der Waals surface area (Å²) in [5.74, 6) is 0.927. The van der Waals surface area contributed by atoms with E-state index in [2.05, 4.69) is 21.2 Å². The Bertz CT molecular complexity index is 307. The molecule has 1 aliphatic rings. The Balaban J connectivity index is 1.97. The zero-order chi connectivity index (χ0) is 10.7. The zero-order valence-corrected chi connectivity index (χ0v) is 10.3. The van der Waals surface area contributed by atoms with Crippen LogP contribution in [0.3, 0.4) is 0 Å². The van der Waals surface area contributed by atoms with Crippen LogP contribution in [-0.2, 0) is 0 Å². The molecule has 1 atom stereocenters. The fourth-order valence-electron chi connectivity index (χ4n) is 2.16. The van der Waals surface area contributed by atoms with E-state index >= 15 is 0 Å². The predicted molar refractivity (Wildman–Crippen MR) is 63.6 cm³/mol. The minimum Gasteiger partial charge on any atom is -0.453 e. The van der Waals surface area contributed by atoms with E-state index < -0.39 is 0 Å². The molecule has 1 aliphatic carbocycles. The molecule has 15 heavy (non-hydrogen) atoms. The first-order valence-electron chi connectivity index (χ1n) is 5.51. The fourth-order valence-corrected chi connectivity index (χ4v) is 2.48. The highest BCUT2D eigenvalue weighted by atomic mass is 79.9. The number of nitrogens with two attached hydrogens (primary N) is 1. The van der Waals surface area contributed by atoms with Gasteiger partial charge in [-0.25, -0.2) is 0 Å². The Morgan fingerprint density at radius 3 is 2.73 bits per heavy atom. The number of halogens is 1. The Kier molecular flexibility index (Phi) is 3.83.